The van der Waals surface area contributed by atoms with Gasteiger partial charge in [0.15, 0.2) is 0 Å². The van der Waals surface area contributed by atoms with Gasteiger partial charge >= 0.3 is 5.97 Å². The first-order valence-corrected chi connectivity index (χ1v) is 11.6. The van der Waals surface area contributed by atoms with Gasteiger partial charge in [0, 0.05) is 18.7 Å². The van der Waals surface area contributed by atoms with Crippen LogP contribution in [-0.4, -0.2) is 53.0 Å². The highest BCUT2D eigenvalue weighted by Gasteiger charge is 2.34. The Balaban J connectivity index is 1.38. The molecule has 2 amide bonds. The monoisotopic (exact) mass is 442 g/mol. The molecule has 2 aliphatic rings. The average Bonchev–Trinajstić information content (AvgIpc) is 3.44. The number of benzene rings is 1. The minimum atomic E-state index is -0.165. The first-order chi connectivity index (χ1) is 15.1. The second-order valence-electron chi connectivity index (χ2n) is 7.70. The third-order valence-electron chi connectivity index (χ3n) is 5.72. The van der Waals surface area contributed by atoms with Gasteiger partial charge in [-0.2, -0.15) is 0 Å². The summed E-state index contributed by atoms with van der Waals surface area (Å²) >= 11 is 1.58. The van der Waals surface area contributed by atoms with Gasteiger partial charge in [0.2, 0.25) is 5.91 Å². The largest absolute Gasteiger partial charge is 0.467 e. The Kier molecular flexibility index (Phi) is 6.65. The van der Waals surface area contributed by atoms with E-state index in [-0.39, 0.29) is 29.1 Å². The number of carbonyl (C=O) groups excluding carboxylic acids is 3. The van der Waals surface area contributed by atoms with E-state index in [0.717, 1.165) is 11.3 Å². The van der Waals surface area contributed by atoms with Gasteiger partial charge in [-0.1, -0.05) is 12.1 Å². The van der Waals surface area contributed by atoms with E-state index in [1.807, 2.05) is 36.4 Å². The molecule has 2 aromatic rings. The molecular formula is C23H26N2O5S. The normalized spacial score (nSPS) is 19.6. The van der Waals surface area contributed by atoms with Crippen LogP contribution >= 0.6 is 11.8 Å². The molecular weight excluding hydrogens is 416 g/mol. The van der Waals surface area contributed by atoms with Crippen molar-refractivity contribution in [2.45, 2.75) is 31.7 Å². The third-order valence-corrected chi connectivity index (χ3v) is 6.98. The van der Waals surface area contributed by atoms with Crippen molar-refractivity contribution in [2.24, 2.45) is 5.92 Å². The fourth-order valence-electron chi connectivity index (χ4n) is 4.02. The first kappa shape index (κ1) is 21.5. The number of rotatable bonds is 6. The van der Waals surface area contributed by atoms with E-state index in [2.05, 4.69) is 0 Å². The van der Waals surface area contributed by atoms with Gasteiger partial charge in [-0.3, -0.25) is 14.4 Å². The van der Waals surface area contributed by atoms with Crippen molar-refractivity contribution in [1.82, 2.24) is 9.80 Å². The molecule has 2 saturated heterocycles. The van der Waals surface area contributed by atoms with Crippen molar-refractivity contribution >= 4 is 29.5 Å². The number of ether oxygens (including phenoxy) is 1. The van der Waals surface area contributed by atoms with Gasteiger partial charge in [0.1, 0.15) is 11.1 Å². The lowest BCUT2D eigenvalue weighted by molar-refractivity contribution is -0.149. The molecule has 1 aromatic heterocycles. The minimum Gasteiger partial charge on any atom is -0.467 e. The summed E-state index contributed by atoms with van der Waals surface area (Å²) in [5.41, 5.74) is 1.60. The molecule has 2 aliphatic heterocycles. The van der Waals surface area contributed by atoms with Crippen molar-refractivity contribution in [1.29, 1.82) is 0 Å². The lowest BCUT2D eigenvalue weighted by Crippen LogP contribution is -2.40. The maximum Gasteiger partial charge on any atom is 0.309 e. The number of hydrogen-bond donors (Lipinski definition) is 0. The van der Waals surface area contributed by atoms with E-state index < -0.39 is 0 Å². The second kappa shape index (κ2) is 9.60. The predicted octanol–water partition coefficient (Wildman–Crippen LogP) is 3.47. The van der Waals surface area contributed by atoms with Crippen LogP contribution in [0.3, 0.4) is 0 Å². The summed E-state index contributed by atoms with van der Waals surface area (Å²) < 4.78 is 10.5. The van der Waals surface area contributed by atoms with Crippen molar-refractivity contribution in [3.8, 4) is 0 Å². The molecule has 8 heteroatoms. The van der Waals surface area contributed by atoms with Gasteiger partial charge < -0.3 is 19.0 Å². The van der Waals surface area contributed by atoms with Crippen molar-refractivity contribution in [3.05, 3.63) is 59.5 Å². The smallest absolute Gasteiger partial charge is 0.309 e. The Morgan fingerprint density at radius 3 is 2.55 bits per heavy atom. The Hall–Kier alpha value is -2.74. The van der Waals surface area contributed by atoms with Crippen LogP contribution in [-0.2, 0) is 20.9 Å². The van der Waals surface area contributed by atoms with E-state index >= 15 is 0 Å². The zero-order chi connectivity index (χ0) is 21.8. The van der Waals surface area contributed by atoms with Crippen molar-refractivity contribution < 1.29 is 23.5 Å². The highest BCUT2D eigenvalue weighted by Crippen LogP contribution is 2.39. The molecule has 0 unspecified atom stereocenters. The molecule has 0 saturated carbocycles. The van der Waals surface area contributed by atoms with Gasteiger partial charge in [-0.25, -0.2) is 0 Å². The Morgan fingerprint density at radius 2 is 1.90 bits per heavy atom. The molecule has 0 bridgehead atoms. The molecule has 4 rings (SSSR count). The quantitative estimate of drug-likeness (QED) is 0.638. The number of likely N-dealkylation sites (tertiary alicyclic amines) is 1. The molecule has 0 aliphatic carbocycles. The highest BCUT2D eigenvalue weighted by atomic mass is 32.2. The SMILES string of the molecule is CCOC(=O)C1CCN(C(=O)c2ccc([C@H]3SCC(=O)N3Cc3ccco3)cc2)CC1. The standard InChI is InChI=1S/C23H26N2O5S/c1-2-29-23(28)18-9-11-24(12-10-18)21(27)16-5-7-17(8-6-16)22-25(20(26)15-31-22)14-19-4-3-13-30-19/h3-8,13,18,22H,2,9-12,14-15H2,1H3/t22-/m1/s1. The molecule has 3 heterocycles. The number of thioether (sulfide) groups is 1. The number of piperidine rings is 1. The molecule has 1 atom stereocenters. The first-order valence-electron chi connectivity index (χ1n) is 10.6. The van der Waals surface area contributed by atoms with E-state index in [1.54, 1.807) is 34.7 Å². The maximum absolute atomic E-state index is 12.9. The Labute approximate surface area is 185 Å². The second-order valence-corrected chi connectivity index (χ2v) is 8.77. The zero-order valence-corrected chi connectivity index (χ0v) is 18.3. The Bertz CT molecular complexity index is 920. The number of hydrogen-bond acceptors (Lipinski definition) is 6. The van der Waals surface area contributed by atoms with Gasteiger partial charge in [-0.05, 0) is 49.6 Å². The van der Waals surface area contributed by atoms with Crippen LogP contribution < -0.4 is 0 Å². The number of furan rings is 1. The molecule has 31 heavy (non-hydrogen) atoms. The molecule has 2 fully saturated rings. The lowest BCUT2D eigenvalue weighted by Gasteiger charge is -2.31. The topological polar surface area (TPSA) is 80.1 Å². The van der Waals surface area contributed by atoms with E-state index in [1.165, 1.54) is 0 Å². The summed E-state index contributed by atoms with van der Waals surface area (Å²) in [4.78, 5) is 40.7. The predicted molar refractivity (Wildman–Crippen MR) is 116 cm³/mol. The number of carbonyl (C=O) groups is 3. The average molecular weight is 443 g/mol. The molecule has 0 spiro atoms. The van der Waals surface area contributed by atoms with Gasteiger partial charge in [-0.15, -0.1) is 11.8 Å². The summed E-state index contributed by atoms with van der Waals surface area (Å²) in [6.45, 7) is 3.71. The lowest BCUT2D eigenvalue weighted by atomic mass is 9.96. The summed E-state index contributed by atoms with van der Waals surface area (Å²) in [6, 6.07) is 11.2. The summed E-state index contributed by atoms with van der Waals surface area (Å²) in [5.74, 6) is 0.943. The maximum atomic E-state index is 12.9. The summed E-state index contributed by atoms with van der Waals surface area (Å²) in [5, 5.41) is -0.0953. The summed E-state index contributed by atoms with van der Waals surface area (Å²) in [6.07, 6.45) is 2.87. The van der Waals surface area contributed by atoms with Crippen LogP contribution in [0.1, 0.15) is 46.8 Å². The molecule has 0 radical (unpaired) electrons. The fraction of sp³-hybridized carbons (Fsp3) is 0.435. The molecule has 7 nitrogen and oxygen atoms in total. The van der Waals surface area contributed by atoms with Crippen molar-refractivity contribution in [3.63, 3.8) is 0 Å². The van der Waals surface area contributed by atoms with Crippen LogP contribution in [0, 0.1) is 5.92 Å². The molecule has 1 aromatic carbocycles. The zero-order valence-electron chi connectivity index (χ0n) is 17.5. The molecule has 0 N–H and O–H groups in total. The number of amides is 2. The minimum absolute atomic E-state index is 0.0311. The Morgan fingerprint density at radius 1 is 1.16 bits per heavy atom. The molecule has 164 valence electrons. The van der Waals surface area contributed by atoms with Crippen LogP contribution in [0.4, 0.5) is 0 Å². The van der Waals surface area contributed by atoms with Gasteiger partial charge in [0.05, 0.1) is 31.1 Å². The van der Waals surface area contributed by atoms with Gasteiger partial charge in [0.25, 0.3) is 5.91 Å². The van der Waals surface area contributed by atoms with Crippen LogP contribution in [0.25, 0.3) is 0 Å². The van der Waals surface area contributed by atoms with Crippen LogP contribution in [0.2, 0.25) is 0 Å². The fourth-order valence-corrected chi connectivity index (χ4v) is 5.21. The third kappa shape index (κ3) is 4.79. The van der Waals surface area contributed by atoms with Crippen LogP contribution in [0.15, 0.2) is 47.1 Å². The number of nitrogens with zero attached hydrogens (tertiary/aromatic N) is 2. The van der Waals surface area contributed by atoms with E-state index in [9.17, 15) is 14.4 Å². The van der Waals surface area contributed by atoms with E-state index in [0.29, 0.717) is 50.4 Å². The van der Waals surface area contributed by atoms with E-state index in [4.69, 9.17) is 9.15 Å². The van der Waals surface area contributed by atoms with Crippen molar-refractivity contribution in [2.75, 3.05) is 25.4 Å². The van der Waals surface area contributed by atoms with Crippen LogP contribution in [0.5, 0.6) is 0 Å². The number of esters is 1. The summed E-state index contributed by atoms with van der Waals surface area (Å²) in [7, 11) is 0. The highest BCUT2D eigenvalue weighted by molar-refractivity contribution is 8.00.